The maximum atomic E-state index is 12.0. The molecule has 0 aromatic heterocycles. The van der Waals surface area contributed by atoms with Crippen molar-refractivity contribution in [3.05, 3.63) is 0 Å². The third kappa shape index (κ3) is 4.46. The predicted molar refractivity (Wildman–Crippen MR) is 70.3 cm³/mol. The summed E-state index contributed by atoms with van der Waals surface area (Å²) in [6.07, 6.45) is -0.450. The van der Waals surface area contributed by atoms with Crippen LogP contribution in [0.5, 0.6) is 0 Å². The fourth-order valence-electron chi connectivity index (χ4n) is 1.70. The van der Waals surface area contributed by atoms with Gasteiger partial charge in [0.15, 0.2) is 0 Å². The van der Waals surface area contributed by atoms with Crippen molar-refractivity contribution in [1.29, 1.82) is 0 Å². The molecule has 1 rings (SSSR count). The van der Waals surface area contributed by atoms with Gasteiger partial charge in [0.1, 0.15) is 11.3 Å². The maximum Gasteiger partial charge on any atom is 0.412 e. The summed E-state index contributed by atoms with van der Waals surface area (Å²) in [6, 6.07) is -0.329. The molecule has 0 radical (unpaired) electrons. The zero-order valence-electron chi connectivity index (χ0n) is 12.6. The zero-order chi connectivity index (χ0) is 14.6. The topological polar surface area (TPSA) is 59.0 Å². The smallest absolute Gasteiger partial charge is 0.412 e. The van der Waals surface area contributed by atoms with Crippen LogP contribution in [0.3, 0.4) is 0 Å². The highest BCUT2D eigenvalue weighted by molar-refractivity contribution is 5.69. The van der Waals surface area contributed by atoms with E-state index in [0.717, 1.165) is 0 Å². The molecule has 1 amide bonds. The van der Waals surface area contributed by atoms with E-state index in [1.165, 1.54) is 4.90 Å². The molecule has 1 aliphatic rings. The molecule has 1 atom stereocenters. The van der Waals surface area contributed by atoms with Crippen LogP contribution in [0, 0.1) is 0 Å². The number of ether oxygens (including phenoxy) is 2. The highest BCUT2D eigenvalue weighted by Gasteiger charge is 2.45. The van der Waals surface area contributed by atoms with Gasteiger partial charge in [-0.3, -0.25) is 4.90 Å². The Labute approximate surface area is 110 Å². The Hall–Kier alpha value is -0.810. The largest absolute Gasteiger partial charge is 0.444 e. The van der Waals surface area contributed by atoms with Crippen molar-refractivity contribution in [2.24, 2.45) is 0 Å². The molecule has 1 N–H and O–H groups in total. The SMILES string of the molecule is CC.CC(C)(C)OC(=O)N1C(CO)COC1(C)C. The number of amides is 1. The minimum atomic E-state index is -0.726. The fraction of sp³-hybridized carbons (Fsp3) is 0.923. The Morgan fingerprint density at radius 1 is 1.44 bits per heavy atom. The molecule has 18 heavy (non-hydrogen) atoms. The van der Waals surface area contributed by atoms with Crippen LogP contribution in [0.4, 0.5) is 4.79 Å². The van der Waals surface area contributed by atoms with Crippen molar-refractivity contribution < 1.29 is 19.4 Å². The van der Waals surface area contributed by atoms with Gasteiger partial charge in [-0.15, -0.1) is 0 Å². The summed E-state index contributed by atoms with van der Waals surface area (Å²) in [7, 11) is 0. The van der Waals surface area contributed by atoms with Crippen LogP contribution < -0.4 is 0 Å². The van der Waals surface area contributed by atoms with Gasteiger partial charge < -0.3 is 14.6 Å². The first-order valence-corrected chi connectivity index (χ1v) is 6.44. The lowest BCUT2D eigenvalue weighted by Gasteiger charge is -2.34. The second-order valence-electron chi connectivity index (χ2n) is 5.44. The van der Waals surface area contributed by atoms with Crippen molar-refractivity contribution in [3.8, 4) is 0 Å². The van der Waals surface area contributed by atoms with Gasteiger partial charge in [0.05, 0.1) is 19.3 Å². The molecule has 1 saturated heterocycles. The number of carbonyl (C=O) groups excluding carboxylic acids is 1. The molecule has 1 fully saturated rings. The average Bonchev–Trinajstić information content (AvgIpc) is 2.54. The molecule has 5 nitrogen and oxygen atoms in total. The Bertz CT molecular complexity index is 271. The summed E-state index contributed by atoms with van der Waals surface area (Å²) in [6.45, 7) is 13.2. The summed E-state index contributed by atoms with van der Waals surface area (Å²) in [4.78, 5) is 13.4. The van der Waals surface area contributed by atoms with Crippen LogP contribution in [0.1, 0.15) is 48.5 Å². The molecular weight excluding hydrogens is 234 g/mol. The summed E-state index contributed by atoms with van der Waals surface area (Å²) in [5.41, 5.74) is -1.27. The lowest BCUT2D eigenvalue weighted by molar-refractivity contribution is -0.0641. The molecule has 108 valence electrons. The first-order valence-electron chi connectivity index (χ1n) is 6.44. The predicted octanol–water partition coefficient (Wildman–Crippen LogP) is 2.38. The summed E-state index contributed by atoms with van der Waals surface area (Å²) in [5.74, 6) is 0. The van der Waals surface area contributed by atoms with E-state index >= 15 is 0 Å². The Balaban J connectivity index is 0.00000137. The van der Waals surface area contributed by atoms with Gasteiger partial charge in [-0.25, -0.2) is 4.79 Å². The van der Waals surface area contributed by atoms with Gasteiger partial charge in [-0.05, 0) is 34.6 Å². The second-order valence-corrected chi connectivity index (χ2v) is 5.44. The van der Waals surface area contributed by atoms with Gasteiger partial charge >= 0.3 is 6.09 Å². The lowest BCUT2D eigenvalue weighted by atomic mass is 10.2. The Kier molecular flexibility index (Phi) is 6.10. The van der Waals surface area contributed by atoms with E-state index in [1.807, 2.05) is 34.6 Å². The fourth-order valence-corrected chi connectivity index (χ4v) is 1.70. The zero-order valence-corrected chi connectivity index (χ0v) is 12.6. The van der Waals surface area contributed by atoms with E-state index in [2.05, 4.69) is 0 Å². The first kappa shape index (κ1) is 17.2. The number of nitrogens with zero attached hydrogens (tertiary/aromatic N) is 1. The van der Waals surface area contributed by atoms with Crippen molar-refractivity contribution in [2.75, 3.05) is 13.2 Å². The molecule has 0 bridgehead atoms. The van der Waals surface area contributed by atoms with Crippen molar-refractivity contribution in [1.82, 2.24) is 4.90 Å². The number of aliphatic hydroxyl groups is 1. The lowest BCUT2D eigenvalue weighted by Crippen LogP contribution is -2.50. The molecule has 0 aromatic rings. The third-order valence-corrected chi connectivity index (χ3v) is 2.38. The second kappa shape index (κ2) is 6.38. The highest BCUT2D eigenvalue weighted by Crippen LogP contribution is 2.28. The molecule has 5 heteroatoms. The quantitative estimate of drug-likeness (QED) is 0.787. The van der Waals surface area contributed by atoms with E-state index in [1.54, 1.807) is 13.8 Å². The minimum absolute atomic E-state index is 0.122. The highest BCUT2D eigenvalue weighted by atomic mass is 16.6. The van der Waals surface area contributed by atoms with Crippen LogP contribution in [-0.4, -0.2) is 46.7 Å². The Morgan fingerprint density at radius 3 is 2.33 bits per heavy atom. The number of rotatable bonds is 1. The molecule has 0 aromatic carbocycles. The van der Waals surface area contributed by atoms with Crippen LogP contribution >= 0.6 is 0 Å². The third-order valence-electron chi connectivity index (χ3n) is 2.38. The maximum absolute atomic E-state index is 12.0. The summed E-state index contributed by atoms with van der Waals surface area (Å²) >= 11 is 0. The normalized spacial score (nSPS) is 22.2. The minimum Gasteiger partial charge on any atom is -0.444 e. The van der Waals surface area contributed by atoms with E-state index in [9.17, 15) is 9.90 Å². The molecular formula is C13H27NO4. The number of hydrogen-bond donors (Lipinski definition) is 1. The van der Waals surface area contributed by atoms with Gasteiger partial charge in [0, 0.05) is 0 Å². The van der Waals surface area contributed by atoms with Crippen molar-refractivity contribution in [3.63, 3.8) is 0 Å². The van der Waals surface area contributed by atoms with Gasteiger partial charge in [-0.2, -0.15) is 0 Å². The van der Waals surface area contributed by atoms with Crippen LogP contribution in [0.2, 0.25) is 0 Å². The molecule has 1 unspecified atom stereocenters. The number of hydrogen-bond acceptors (Lipinski definition) is 4. The molecule has 0 aliphatic carbocycles. The van der Waals surface area contributed by atoms with Crippen LogP contribution in [-0.2, 0) is 9.47 Å². The van der Waals surface area contributed by atoms with Crippen molar-refractivity contribution >= 4 is 6.09 Å². The van der Waals surface area contributed by atoms with E-state index in [-0.39, 0.29) is 12.6 Å². The van der Waals surface area contributed by atoms with E-state index in [4.69, 9.17) is 9.47 Å². The van der Waals surface area contributed by atoms with Gasteiger partial charge in [-0.1, -0.05) is 13.8 Å². The van der Waals surface area contributed by atoms with Crippen LogP contribution in [0.15, 0.2) is 0 Å². The number of carbonyl (C=O) groups is 1. The molecule has 1 aliphatic heterocycles. The molecule has 0 spiro atoms. The standard InChI is InChI=1S/C11H21NO4.C2H6/c1-10(2,3)16-9(14)12-8(6-13)7-15-11(12,4)5;1-2/h8,13H,6-7H2,1-5H3;1-2H3. The van der Waals surface area contributed by atoms with Gasteiger partial charge in [0.25, 0.3) is 0 Å². The monoisotopic (exact) mass is 261 g/mol. The summed E-state index contributed by atoms with van der Waals surface area (Å²) < 4.78 is 10.7. The Morgan fingerprint density at radius 2 is 1.94 bits per heavy atom. The van der Waals surface area contributed by atoms with Crippen LogP contribution in [0.25, 0.3) is 0 Å². The molecule has 0 saturated carbocycles. The van der Waals surface area contributed by atoms with E-state index in [0.29, 0.717) is 6.61 Å². The van der Waals surface area contributed by atoms with Crippen molar-refractivity contribution in [2.45, 2.75) is 65.8 Å². The van der Waals surface area contributed by atoms with E-state index < -0.39 is 17.4 Å². The summed E-state index contributed by atoms with van der Waals surface area (Å²) in [5, 5.41) is 9.19. The van der Waals surface area contributed by atoms with Gasteiger partial charge in [0.2, 0.25) is 0 Å². The first-order chi connectivity index (χ1) is 8.17. The average molecular weight is 261 g/mol. The molecule has 1 heterocycles. The number of aliphatic hydroxyl groups excluding tert-OH is 1.